The Kier molecular flexibility index (Phi) is 6.65. The van der Waals surface area contributed by atoms with Crippen LogP contribution >= 0.6 is 0 Å². The van der Waals surface area contributed by atoms with Gasteiger partial charge >= 0.3 is 5.97 Å². The first-order chi connectivity index (χ1) is 9.84. The van der Waals surface area contributed by atoms with Crippen molar-refractivity contribution >= 4 is 12.2 Å². The van der Waals surface area contributed by atoms with Crippen molar-refractivity contribution in [3.8, 4) is 0 Å². The van der Waals surface area contributed by atoms with Crippen molar-refractivity contribution < 1.29 is 14.3 Å². The van der Waals surface area contributed by atoms with Crippen LogP contribution in [0.5, 0.6) is 0 Å². The Bertz CT molecular complexity index is 367. The van der Waals surface area contributed by atoms with Crippen LogP contribution in [0.25, 0.3) is 0 Å². The van der Waals surface area contributed by atoms with Gasteiger partial charge in [-0.25, -0.2) is 0 Å². The fourth-order valence-corrected chi connectivity index (χ4v) is 3.08. The minimum atomic E-state index is -0.580. The summed E-state index contributed by atoms with van der Waals surface area (Å²) >= 11 is 0. The van der Waals surface area contributed by atoms with E-state index in [9.17, 15) is 4.79 Å². The number of carbonyl (C=O) groups is 1. The highest BCUT2D eigenvalue weighted by Gasteiger charge is 2.39. The maximum absolute atomic E-state index is 12.0. The highest BCUT2D eigenvalue weighted by Crippen LogP contribution is 2.33. The summed E-state index contributed by atoms with van der Waals surface area (Å²) in [4.78, 5) is 12.0. The molecule has 122 valence electrons. The largest absolute Gasteiger partial charge is 0.469 e. The van der Waals surface area contributed by atoms with Crippen molar-refractivity contribution in [2.75, 3.05) is 27.4 Å². The van der Waals surface area contributed by atoms with Gasteiger partial charge in [-0.1, -0.05) is 13.8 Å². The zero-order chi connectivity index (χ0) is 16.0. The number of methoxy groups -OCH3 is 2. The Labute approximate surface area is 128 Å². The van der Waals surface area contributed by atoms with Crippen molar-refractivity contribution in [3.05, 3.63) is 0 Å². The molecule has 0 amide bonds. The summed E-state index contributed by atoms with van der Waals surface area (Å²) in [6.07, 6.45) is 4.17. The van der Waals surface area contributed by atoms with Crippen LogP contribution in [-0.4, -0.2) is 50.6 Å². The van der Waals surface area contributed by atoms with Gasteiger partial charge in [0.1, 0.15) is 0 Å². The van der Waals surface area contributed by atoms with Gasteiger partial charge in [-0.05, 0) is 32.6 Å². The van der Waals surface area contributed by atoms with E-state index in [-0.39, 0.29) is 11.9 Å². The first-order valence-electron chi connectivity index (χ1n) is 7.72. The molecule has 0 aromatic heterocycles. The third-order valence-electron chi connectivity index (χ3n) is 4.34. The molecule has 0 radical (unpaired) electrons. The van der Waals surface area contributed by atoms with Crippen molar-refractivity contribution in [2.45, 2.75) is 46.6 Å². The van der Waals surface area contributed by atoms with E-state index >= 15 is 0 Å². The lowest BCUT2D eigenvalue weighted by Gasteiger charge is -2.32. The van der Waals surface area contributed by atoms with Gasteiger partial charge in [-0.2, -0.15) is 5.10 Å². The van der Waals surface area contributed by atoms with Crippen molar-refractivity contribution in [1.29, 1.82) is 0 Å². The average Bonchev–Trinajstić information content (AvgIpc) is 2.85. The summed E-state index contributed by atoms with van der Waals surface area (Å²) in [5.41, 5.74) is -0.580. The monoisotopic (exact) mass is 298 g/mol. The number of rotatable bonds is 7. The van der Waals surface area contributed by atoms with E-state index in [1.807, 2.05) is 20.1 Å². The molecule has 0 aromatic carbocycles. The lowest BCUT2D eigenvalue weighted by atomic mass is 9.73. The molecule has 1 saturated heterocycles. The average molecular weight is 298 g/mol. The van der Waals surface area contributed by atoms with Gasteiger partial charge in [0.25, 0.3) is 0 Å². The zero-order valence-corrected chi connectivity index (χ0v) is 14.3. The lowest BCUT2D eigenvalue weighted by Crippen LogP contribution is -2.38. The molecule has 1 aliphatic rings. The van der Waals surface area contributed by atoms with E-state index in [2.05, 4.69) is 24.0 Å². The number of nitrogens with zero attached hydrogens (tertiary/aromatic N) is 2. The van der Waals surface area contributed by atoms with Crippen molar-refractivity contribution in [1.82, 2.24) is 5.01 Å². The quantitative estimate of drug-likeness (QED) is 0.535. The summed E-state index contributed by atoms with van der Waals surface area (Å²) < 4.78 is 10.2. The van der Waals surface area contributed by atoms with Gasteiger partial charge in [0, 0.05) is 25.8 Å². The first-order valence-corrected chi connectivity index (χ1v) is 7.72. The molecule has 1 fully saturated rings. The summed E-state index contributed by atoms with van der Waals surface area (Å²) in [6, 6.07) is 0.348. The molecule has 0 aromatic rings. The van der Waals surface area contributed by atoms with Crippen LogP contribution < -0.4 is 0 Å². The SMILES string of the molecule is COC[C@@H]1CCCN1/N=C/[C@@H](C(C)C)C(C)(C)C(=O)OC. The van der Waals surface area contributed by atoms with Gasteiger partial charge in [0.15, 0.2) is 0 Å². The lowest BCUT2D eigenvalue weighted by molar-refractivity contribution is -0.153. The second kappa shape index (κ2) is 7.78. The fourth-order valence-electron chi connectivity index (χ4n) is 3.08. The molecule has 1 aliphatic heterocycles. The molecule has 0 aliphatic carbocycles. The molecule has 0 spiro atoms. The molecule has 21 heavy (non-hydrogen) atoms. The number of hydrazone groups is 1. The minimum absolute atomic E-state index is 0.0359. The number of ether oxygens (including phenoxy) is 2. The number of esters is 1. The Hall–Kier alpha value is -1.10. The van der Waals surface area contributed by atoms with Crippen LogP contribution in [0.15, 0.2) is 5.10 Å². The number of hydrogen-bond acceptors (Lipinski definition) is 5. The summed E-state index contributed by atoms with van der Waals surface area (Å²) in [7, 11) is 3.16. The molecular formula is C16H30N2O3. The Morgan fingerprint density at radius 1 is 1.43 bits per heavy atom. The Morgan fingerprint density at radius 2 is 2.10 bits per heavy atom. The van der Waals surface area contributed by atoms with E-state index in [0.29, 0.717) is 18.6 Å². The number of hydrogen-bond donors (Lipinski definition) is 0. The third kappa shape index (κ3) is 4.43. The molecule has 2 atom stereocenters. The van der Waals surface area contributed by atoms with E-state index in [1.165, 1.54) is 7.11 Å². The fraction of sp³-hybridized carbons (Fsp3) is 0.875. The minimum Gasteiger partial charge on any atom is -0.469 e. The highest BCUT2D eigenvalue weighted by molar-refractivity contribution is 5.81. The topological polar surface area (TPSA) is 51.1 Å². The van der Waals surface area contributed by atoms with Gasteiger partial charge in [-0.3, -0.25) is 9.80 Å². The van der Waals surface area contributed by atoms with Crippen LogP contribution in [0.1, 0.15) is 40.5 Å². The van der Waals surface area contributed by atoms with Crippen molar-refractivity contribution in [3.63, 3.8) is 0 Å². The van der Waals surface area contributed by atoms with Crippen LogP contribution in [-0.2, 0) is 14.3 Å². The maximum Gasteiger partial charge on any atom is 0.311 e. The maximum atomic E-state index is 12.0. The number of carbonyl (C=O) groups excluding carboxylic acids is 1. The molecule has 0 unspecified atom stereocenters. The van der Waals surface area contributed by atoms with Crippen LogP contribution in [0, 0.1) is 17.3 Å². The van der Waals surface area contributed by atoms with E-state index in [4.69, 9.17) is 9.47 Å². The standard InChI is InChI=1S/C16H30N2O3/c1-12(2)14(16(3,4)15(19)21-6)10-17-18-9-7-8-13(18)11-20-5/h10,12-14H,7-9,11H2,1-6H3/b17-10+/t13-,14-/m0/s1. The summed E-state index contributed by atoms with van der Waals surface area (Å²) in [5.74, 6) is 0.155. The normalized spacial score (nSPS) is 21.3. The van der Waals surface area contributed by atoms with E-state index < -0.39 is 5.41 Å². The molecule has 5 heteroatoms. The van der Waals surface area contributed by atoms with Gasteiger partial charge in [-0.15, -0.1) is 0 Å². The van der Waals surface area contributed by atoms with Crippen LogP contribution in [0.4, 0.5) is 0 Å². The van der Waals surface area contributed by atoms with Gasteiger partial charge in [0.05, 0.1) is 25.2 Å². The summed E-state index contributed by atoms with van der Waals surface area (Å²) in [5, 5.41) is 6.74. The van der Waals surface area contributed by atoms with Crippen molar-refractivity contribution in [2.24, 2.45) is 22.4 Å². The second-order valence-corrected chi connectivity index (χ2v) is 6.66. The second-order valence-electron chi connectivity index (χ2n) is 6.66. The summed E-state index contributed by atoms with van der Waals surface area (Å²) in [6.45, 7) is 9.71. The zero-order valence-electron chi connectivity index (χ0n) is 14.3. The third-order valence-corrected chi connectivity index (χ3v) is 4.34. The highest BCUT2D eigenvalue weighted by atomic mass is 16.5. The van der Waals surface area contributed by atoms with Gasteiger partial charge < -0.3 is 9.47 Å². The smallest absolute Gasteiger partial charge is 0.311 e. The molecule has 0 N–H and O–H groups in total. The van der Waals surface area contributed by atoms with E-state index in [1.54, 1.807) is 7.11 Å². The molecule has 0 bridgehead atoms. The van der Waals surface area contributed by atoms with Gasteiger partial charge in [0.2, 0.25) is 0 Å². The van der Waals surface area contributed by atoms with E-state index in [0.717, 1.165) is 19.4 Å². The predicted octanol–water partition coefficient (Wildman–Crippen LogP) is 2.55. The molecule has 5 nitrogen and oxygen atoms in total. The first kappa shape index (κ1) is 18.0. The molecule has 1 heterocycles. The Balaban J connectivity index is 2.83. The predicted molar refractivity (Wildman–Crippen MR) is 84.2 cm³/mol. The Morgan fingerprint density at radius 3 is 2.62 bits per heavy atom. The molecular weight excluding hydrogens is 268 g/mol. The molecule has 1 rings (SSSR count). The van der Waals surface area contributed by atoms with Crippen LogP contribution in [0.2, 0.25) is 0 Å². The molecule has 0 saturated carbocycles. The van der Waals surface area contributed by atoms with Crippen LogP contribution in [0.3, 0.4) is 0 Å².